The minimum Gasteiger partial charge on any atom is -0.336 e. The first-order chi connectivity index (χ1) is 10.8. The Morgan fingerprint density at radius 2 is 1.87 bits per heavy atom. The molecule has 5 heteroatoms. The molecule has 0 saturated carbocycles. The molecule has 1 heterocycles. The van der Waals surface area contributed by atoms with Crippen molar-refractivity contribution in [1.82, 2.24) is 10.2 Å². The molecule has 0 aromatic heterocycles. The summed E-state index contributed by atoms with van der Waals surface area (Å²) in [5.41, 5.74) is 2.13. The number of nitrogens with one attached hydrogen (secondary N) is 1. The predicted octanol–water partition coefficient (Wildman–Crippen LogP) is 3.97. The molecule has 0 atom stereocenters. The molecule has 0 spiro atoms. The van der Waals surface area contributed by atoms with E-state index in [9.17, 15) is 4.79 Å². The average Bonchev–Trinajstić information content (AvgIpc) is 2.58. The molecule has 1 aliphatic heterocycles. The van der Waals surface area contributed by atoms with Crippen molar-refractivity contribution in [2.45, 2.75) is 44.9 Å². The quantitative estimate of drug-likeness (QED) is 0.802. The van der Waals surface area contributed by atoms with E-state index in [1.54, 1.807) is 0 Å². The molecule has 1 saturated heterocycles. The molecule has 130 valence electrons. The molecule has 0 bridgehead atoms. The highest BCUT2D eigenvalue weighted by Crippen LogP contribution is 2.18. The monoisotopic (exact) mass is 356 g/mol. The van der Waals surface area contributed by atoms with Gasteiger partial charge in [-0.15, -0.1) is 12.4 Å². The first-order valence-electron chi connectivity index (χ1n) is 8.44. The number of carbonyl (C=O) groups excluding carboxylic acids is 1. The van der Waals surface area contributed by atoms with Crippen LogP contribution >= 0.6 is 24.2 Å². The van der Waals surface area contributed by atoms with Gasteiger partial charge in [0.15, 0.2) is 0 Å². The maximum absolute atomic E-state index is 12.9. The van der Waals surface area contributed by atoms with Crippen LogP contribution in [-0.2, 0) is 5.75 Å². The third kappa shape index (κ3) is 6.02. The van der Waals surface area contributed by atoms with Gasteiger partial charge in [0.05, 0.1) is 0 Å². The summed E-state index contributed by atoms with van der Waals surface area (Å²) in [6.45, 7) is 7.21. The summed E-state index contributed by atoms with van der Waals surface area (Å²) in [6, 6.07) is 8.59. The molecular weight excluding hydrogens is 328 g/mol. The largest absolute Gasteiger partial charge is 0.336 e. The van der Waals surface area contributed by atoms with Crippen molar-refractivity contribution >= 4 is 30.1 Å². The number of thioether (sulfide) groups is 1. The zero-order chi connectivity index (χ0) is 15.8. The second-order valence-corrected chi connectivity index (χ2v) is 7.09. The molecule has 0 radical (unpaired) electrons. The van der Waals surface area contributed by atoms with Crippen LogP contribution in [0.4, 0.5) is 0 Å². The molecule has 0 unspecified atom stereocenters. The number of rotatable bonds is 7. The van der Waals surface area contributed by atoms with Crippen LogP contribution in [0.1, 0.15) is 49.0 Å². The van der Waals surface area contributed by atoms with Gasteiger partial charge >= 0.3 is 0 Å². The molecule has 3 nitrogen and oxygen atoms in total. The van der Waals surface area contributed by atoms with E-state index in [2.05, 4.69) is 36.2 Å². The maximum Gasteiger partial charge on any atom is 0.254 e. The third-order valence-corrected chi connectivity index (χ3v) is 5.09. The highest BCUT2D eigenvalue weighted by Gasteiger charge is 2.25. The van der Waals surface area contributed by atoms with Crippen LogP contribution in [0, 0.1) is 0 Å². The van der Waals surface area contributed by atoms with Gasteiger partial charge in [-0.2, -0.15) is 11.8 Å². The lowest BCUT2D eigenvalue weighted by atomic mass is 10.0. The van der Waals surface area contributed by atoms with E-state index in [1.165, 1.54) is 5.56 Å². The van der Waals surface area contributed by atoms with E-state index >= 15 is 0 Å². The molecule has 1 aromatic carbocycles. The fraction of sp³-hybridized carbons (Fsp3) is 0.611. The number of hydrogen-bond donors (Lipinski definition) is 1. The minimum absolute atomic E-state index is 0. The number of amides is 1. The van der Waals surface area contributed by atoms with E-state index in [0.717, 1.165) is 56.0 Å². The number of piperidine rings is 1. The number of nitrogens with zero attached hydrogens (tertiary/aromatic N) is 1. The fourth-order valence-electron chi connectivity index (χ4n) is 2.94. The van der Waals surface area contributed by atoms with E-state index in [1.807, 2.05) is 23.9 Å². The second-order valence-electron chi connectivity index (χ2n) is 5.81. The Bertz CT molecular complexity index is 461. The van der Waals surface area contributed by atoms with Crippen molar-refractivity contribution in [2.75, 3.05) is 25.4 Å². The van der Waals surface area contributed by atoms with Crippen LogP contribution in [-0.4, -0.2) is 42.2 Å². The van der Waals surface area contributed by atoms with Crippen LogP contribution < -0.4 is 5.32 Å². The molecule has 1 N–H and O–H groups in total. The number of halogens is 1. The van der Waals surface area contributed by atoms with E-state index in [-0.39, 0.29) is 18.3 Å². The average molecular weight is 357 g/mol. The van der Waals surface area contributed by atoms with Crippen molar-refractivity contribution in [3.8, 4) is 0 Å². The summed E-state index contributed by atoms with van der Waals surface area (Å²) >= 11 is 1.91. The first kappa shape index (κ1) is 20.3. The van der Waals surface area contributed by atoms with Gasteiger partial charge in [0.1, 0.15) is 0 Å². The van der Waals surface area contributed by atoms with Crippen LogP contribution in [0.2, 0.25) is 0 Å². The Morgan fingerprint density at radius 3 is 2.43 bits per heavy atom. The highest BCUT2D eigenvalue weighted by molar-refractivity contribution is 7.98. The maximum atomic E-state index is 12.9. The third-order valence-electron chi connectivity index (χ3n) is 4.15. The molecule has 1 aromatic rings. The normalized spacial score (nSPS) is 15.0. The summed E-state index contributed by atoms with van der Waals surface area (Å²) in [5.74, 6) is 2.35. The Kier molecular flexibility index (Phi) is 9.68. The van der Waals surface area contributed by atoms with Crippen molar-refractivity contribution in [2.24, 2.45) is 0 Å². The summed E-state index contributed by atoms with van der Waals surface area (Å²) in [7, 11) is 0. The second kappa shape index (κ2) is 11.0. The van der Waals surface area contributed by atoms with Gasteiger partial charge in [0.25, 0.3) is 5.91 Å². The van der Waals surface area contributed by atoms with Gasteiger partial charge in [-0.25, -0.2) is 0 Å². The standard InChI is InChI=1S/C18H28N2OS.ClH/c1-3-13-20(17-9-11-19-12-10-17)18(21)16-7-5-15(6-8-16)14-22-4-2;/h5-8,17,19H,3-4,9-14H2,1-2H3;1H. The van der Waals surface area contributed by atoms with Crippen LogP contribution in [0.5, 0.6) is 0 Å². The molecule has 1 amide bonds. The SMILES string of the molecule is CCCN(C(=O)c1ccc(CSCC)cc1)C1CCNCC1.Cl. The molecule has 1 fully saturated rings. The lowest BCUT2D eigenvalue weighted by molar-refractivity contribution is 0.0642. The Labute approximate surface area is 151 Å². The highest BCUT2D eigenvalue weighted by atomic mass is 35.5. The van der Waals surface area contributed by atoms with Gasteiger partial charge in [-0.3, -0.25) is 4.79 Å². The van der Waals surface area contributed by atoms with Crippen molar-refractivity contribution in [1.29, 1.82) is 0 Å². The molecule has 0 aliphatic carbocycles. The van der Waals surface area contributed by atoms with Gasteiger partial charge in [-0.1, -0.05) is 26.0 Å². The predicted molar refractivity (Wildman–Crippen MR) is 103 cm³/mol. The smallest absolute Gasteiger partial charge is 0.254 e. The van der Waals surface area contributed by atoms with Gasteiger partial charge in [-0.05, 0) is 55.8 Å². The lowest BCUT2D eigenvalue weighted by Gasteiger charge is -2.34. The first-order valence-corrected chi connectivity index (χ1v) is 9.60. The summed E-state index contributed by atoms with van der Waals surface area (Å²) < 4.78 is 0. The molecule has 2 rings (SSSR count). The number of benzene rings is 1. The van der Waals surface area contributed by atoms with Crippen molar-refractivity contribution < 1.29 is 4.79 Å². The molecule has 1 aliphatic rings. The lowest BCUT2D eigenvalue weighted by Crippen LogP contribution is -2.46. The van der Waals surface area contributed by atoms with Crippen LogP contribution in [0.25, 0.3) is 0 Å². The zero-order valence-electron chi connectivity index (χ0n) is 14.2. The van der Waals surface area contributed by atoms with E-state index in [0.29, 0.717) is 6.04 Å². The van der Waals surface area contributed by atoms with Crippen molar-refractivity contribution in [3.63, 3.8) is 0 Å². The number of hydrogen-bond acceptors (Lipinski definition) is 3. The van der Waals surface area contributed by atoms with E-state index in [4.69, 9.17) is 0 Å². The van der Waals surface area contributed by atoms with Gasteiger partial charge < -0.3 is 10.2 Å². The molecular formula is C18H29ClN2OS. The minimum atomic E-state index is 0. The fourth-order valence-corrected chi connectivity index (χ4v) is 3.57. The van der Waals surface area contributed by atoms with Crippen LogP contribution in [0.3, 0.4) is 0 Å². The number of carbonyl (C=O) groups is 1. The topological polar surface area (TPSA) is 32.3 Å². The Hall–Kier alpha value is -0.710. The van der Waals surface area contributed by atoms with Gasteiger partial charge in [0, 0.05) is 23.9 Å². The van der Waals surface area contributed by atoms with E-state index < -0.39 is 0 Å². The van der Waals surface area contributed by atoms with Crippen LogP contribution in [0.15, 0.2) is 24.3 Å². The van der Waals surface area contributed by atoms with Crippen molar-refractivity contribution in [3.05, 3.63) is 35.4 Å². The van der Waals surface area contributed by atoms with Gasteiger partial charge in [0.2, 0.25) is 0 Å². The molecule has 23 heavy (non-hydrogen) atoms. The Balaban J connectivity index is 0.00000264. The zero-order valence-corrected chi connectivity index (χ0v) is 15.8. The summed E-state index contributed by atoms with van der Waals surface area (Å²) in [5, 5.41) is 3.38. The summed E-state index contributed by atoms with van der Waals surface area (Å²) in [4.78, 5) is 15.0. The Morgan fingerprint density at radius 1 is 1.22 bits per heavy atom. The summed E-state index contributed by atoms with van der Waals surface area (Å²) in [6.07, 6.45) is 3.15.